The molecular formula is C24H14BrF9N2O2. The van der Waals surface area contributed by atoms with Crippen molar-refractivity contribution in [2.24, 2.45) is 0 Å². The van der Waals surface area contributed by atoms with E-state index in [1.165, 1.54) is 6.07 Å². The van der Waals surface area contributed by atoms with Gasteiger partial charge >= 0.3 is 18.0 Å². The number of aryl methyl sites for hydroxylation is 1. The summed E-state index contributed by atoms with van der Waals surface area (Å²) in [7, 11) is 0. The van der Waals surface area contributed by atoms with E-state index >= 15 is 4.39 Å². The summed E-state index contributed by atoms with van der Waals surface area (Å²) >= 11 is 2.73. The molecule has 0 fully saturated rings. The molecule has 0 radical (unpaired) electrons. The Morgan fingerprint density at radius 1 is 0.789 bits per heavy atom. The molecule has 202 valence electrons. The van der Waals surface area contributed by atoms with Crippen LogP contribution in [-0.4, -0.2) is 24.2 Å². The summed E-state index contributed by atoms with van der Waals surface area (Å²) in [4.78, 5) is 25.0. The first-order chi connectivity index (χ1) is 17.5. The maximum Gasteiger partial charge on any atom is 0.435 e. The van der Waals surface area contributed by atoms with Crippen molar-refractivity contribution >= 4 is 39.1 Å². The van der Waals surface area contributed by atoms with Crippen LogP contribution in [-0.2, 0) is 5.67 Å². The molecule has 0 aliphatic carbocycles. The molecule has 0 atom stereocenters. The first kappa shape index (κ1) is 29.0. The lowest BCUT2D eigenvalue weighted by Gasteiger charge is -2.31. The Morgan fingerprint density at radius 2 is 1.37 bits per heavy atom. The number of amides is 2. The smallest absolute Gasteiger partial charge is 0.321 e. The van der Waals surface area contributed by atoms with Crippen molar-refractivity contribution in [1.82, 2.24) is 0 Å². The van der Waals surface area contributed by atoms with E-state index in [-0.39, 0.29) is 23.4 Å². The first-order valence-electron chi connectivity index (χ1n) is 10.3. The molecule has 38 heavy (non-hydrogen) atoms. The van der Waals surface area contributed by atoms with E-state index < -0.39 is 68.3 Å². The number of rotatable bonds is 5. The predicted molar refractivity (Wildman–Crippen MR) is 122 cm³/mol. The van der Waals surface area contributed by atoms with Crippen molar-refractivity contribution in [2.45, 2.75) is 24.9 Å². The highest BCUT2D eigenvalue weighted by Gasteiger charge is 2.73. The minimum Gasteiger partial charge on any atom is -0.321 e. The lowest BCUT2D eigenvalue weighted by atomic mass is 9.92. The molecule has 0 aliphatic rings. The lowest BCUT2D eigenvalue weighted by Crippen LogP contribution is -2.50. The van der Waals surface area contributed by atoms with E-state index in [2.05, 4.69) is 26.6 Å². The maximum absolute atomic E-state index is 15.0. The fraction of sp³-hybridized carbons (Fsp3) is 0.167. The molecule has 0 aliphatic heterocycles. The van der Waals surface area contributed by atoms with Crippen molar-refractivity contribution in [1.29, 1.82) is 0 Å². The topological polar surface area (TPSA) is 58.2 Å². The Balaban J connectivity index is 1.91. The summed E-state index contributed by atoms with van der Waals surface area (Å²) in [5.74, 6) is -3.85. The van der Waals surface area contributed by atoms with Crippen LogP contribution in [0.15, 0.2) is 59.1 Å². The molecule has 0 bridgehead atoms. The molecule has 4 nitrogen and oxygen atoms in total. The number of carbonyl (C=O) groups is 2. The third-order valence-electron chi connectivity index (χ3n) is 5.30. The monoisotopic (exact) mass is 612 g/mol. The third-order valence-corrected chi connectivity index (χ3v) is 5.93. The van der Waals surface area contributed by atoms with Gasteiger partial charge in [0, 0.05) is 15.6 Å². The lowest BCUT2D eigenvalue weighted by molar-refractivity contribution is -0.348. The van der Waals surface area contributed by atoms with E-state index in [9.17, 15) is 44.7 Å². The fourth-order valence-electron chi connectivity index (χ4n) is 3.37. The molecule has 0 aromatic heterocycles. The van der Waals surface area contributed by atoms with Crippen LogP contribution in [0.4, 0.5) is 50.9 Å². The van der Waals surface area contributed by atoms with Gasteiger partial charge < -0.3 is 10.6 Å². The molecule has 3 aromatic rings. The van der Waals surface area contributed by atoms with Crippen LogP contribution in [0.5, 0.6) is 0 Å². The molecule has 0 saturated heterocycles. The van der Waals surface area contributed by atoms with Crippen LogP contribution in [0.1, 0.15) is 31.8 Å². The molecule has 0 heterocycles. The van der Waals surface area contributed by atoms with Crippen molar-refractivity contribution in [3.05, 3.63) is 93.0 Å². The zero-order valence-corrected chi connectivity index (χ0v) is 20.4. The van der Waals surface area contributed by atoms with Crippen molar-refractivity contribution in [3.8, 4) is 0 Å². The quantitative estimate of drug-likeness (QED) is 0.289. The zero-order chi connectivity index (χ0) is 28.6. The number of halogens is 10. The average Bonchev–Trinajstić information content (AvgIpc) is 2.80. The molecule has 3 rings (SSSR count). The average molecular weight is 613 g/mol. The Labute approximate surface area is 217 Å². The predicted octanol–water partition coefficient (Wildman–Crippen LogP) is 7.83. The van der Waals surface area contributed by atoms with Gasteiger partial charge in [-0.1, -0.05) is 12.1 Å². The molecular weight excluding hydrogens is 599 g/mol. The summed E-state index contributed by atoms with van der Waals surface area (Å²) in [5, 5.41) is 4.34. The number of carbonyl (C=O) groups excluding carboxylic acids is 2. The normalized spacial score (nSPS) is 12.3. The number of nitrogens with one attached hydrogen (secondary N) is 2. The van der Waals surface area contributed by atoms with Gasteiger partial charge in [-0.25, -0.2) is 13.2 Å². The van der Waals surface area contributed by atoms with Gasteiger partial charge in [0.1, 0.15) is 5.82 Å². The van der Waals surface area contributed by atoms with Gasteiger partial charge in [-0.15, -0.1) is 0 Å². The van der Waals surface area contributed by atoms with Crippen LogP contribution >= 0.6 is 15.9 Å². The van der Waals surface area contributed by atoms with Crippen molar-refractivity contribution in [2.75, 3.05) is 10.6 Å². The molecule has 14 heteroatoms. The van der Waals surface area contributed by atoms with Crippen molar-refractivity contribution in [3.63, 3.8) is 0 Å². The fourth-order valence-corrected chi connectivity index (χ4v) is 4.03. The van der Waals surface area contributed by atoms with Gasteiger partial charge in [-0.2, -0.15) is 26.3 Å². The van der Waals surface area contributed by atoms with E-state index in [1.807, 2.05) is 0 Å². The van der Waals surface area contributed by atoms with Gasteiger partial charge in [-0.05, 0) is 70.9 Å². The maximum atomic E-state index is 15.0. The van der Waals surface area contributed by atoms with Gasteiger partial charge in [0.2, 0.25) is 0 Å². The minimum absolute atomic E-state index is 0.0260. The molecule has 2 N–H and O–H groups in total. The van der Waals surface area contributed by atoms with Crippen LogP contribution in [0, 0.1) is 18.6 Å². The Bertz CT molecular complexity index is 1350. The molecule has 0 spiro atoms. The van der Waals surface area contributed by atoms with Gasteiger partial charge in [0.15, 0.2) is 5.82 Å². The van der Waals surface area contributed by atoms with Crippen LogP contribution in [0.2, 0.25) is 0 Å². The Morgan fingerprint density at radius 3 is 1.89 bits per heavy atom. The van der Waals surface area contributed by atoms with E-state index in [4.69, 9.17) is 0 Å². The Hall–Kier alpha value is -3.55. The molecule has 3 aromatic carbocycles. The highest BCUT2D eigenvalue weighted by molar-refractivity contribution is 9.10. The van der Waals surface area contributed by atoms with Gasteiger partial charge in [0.25, 0.3) is 11.8 Å². The molecule has 0 saturated carbocycles. The summed E-state index contributed by atoms with van der Waals surface area (Å²) in [6.45, 7) is 1.01. The summed E-state index contributed by atoms with van der Waals surface area (Å²) in [6, 6.07) is 8.02. The van der Waals surface area contributed by atoms with E-state index in [0.29, 0.717) is 0 Å². The highest BCUT2D eigenvalue weighted by atomic mass is 79.9. The molecule has 0 unspecified atom stereocenters. The summed E-state index contributed by atoms with van der Waals surface area (Å²) in [6.07, 6.45) is -12.7. The van der Waals surface area contributed by atoms with E-state index in [0.717, 1.165) is 43.3 Å². The number of alkyl halides is 7. The second-order valence-electron chi connectivity index (χ2n) is 7.89. The van der Waals surface area contributed by atoms with Gasteiger partial charge in [0.05, 0.1) is 16.9 Å². The first-order valence-corrected chi connectivity index (χ1v) is 11.1. The Kier molecular flexibility index (Phi) is 7.87. The second kappa shape index (κ2) is 10.3. The number of benzene rings is 3. The van der Waals surface area contributed by atoms with Gasteiger partial charge in [-0.3, -0.25) is 9.59 Å². The number of anilines is 2. The SMILES string of the molecule is Cc1cc(C(F)(C(F)(F)F)C(F)(F)F)cc(Br)c1NC(=O)c1cccc(NC(=O)c2ccc(F)cc2)c1F. The van der Waals surface area contributed by atoms with Crippen LogP contribution in [0.25, 0.3) is 0 Å². The molecule has 2 amide bonds. The number of hydrogen-bond acceptors (Lipinski definition) is 2. The highest BCUT2D eigenvalue weighted by Crippen LogP contribution is 2.54. The standard InChI is InChI=1S/C24H14BrF9N2O2/c1-11-9-13(22(28,23(29,30)31)24(32,33)34)10-16(25)19(11)36-21(38)15-3-2-4-17(18(15)27)35-20(37)12-5-7-14(26)8-6-12/h2-10H,1H3,(H,35,37)(H,36,38). The van der Waals surface area contributed by atoms with Crippen molar-refractivity contribution < 1.29 is 49.1 Å². The van der Waals surface area contributed by atoms with E-state index in [1.54, 1.807) is 0 Å². The second-order valence-corrected chi connectivity index (χ2v) is 8.74. The third kappa shape index (κ3) is 5.49. The zero-order valence-electron chi connectivity index (χ0n) is 18.8. The largest absolute Gasteiger partial charge is 0.435 e. The van der Waals surface area contributed by atoms with Crippen LogP contribution in [0.3, 0.4) is 0 Å². The summed E-state index contributed by atoms with van der Waals surface area (Å²) in [5.41, 5.74) is -9.36. The summed E-state index contributed by atoms with van der Waals surface area (Å²) < 4.78 is 121. The number of hydrogen-bond donors (Lipinski definition) is 2. The van der Waals surface area contributed by atoms with Crippen LogP contribution < -0.4 is 10.6 Å². The minimum atomic E-state index is -6.34.